The van der Waals surface area contributed by atoms with Gasteiger partial charge in [-0.1, -0.05) is 6.07 Å². The molecule has 5 heteroatoms. The number of ether oxygens (including phenoxy) is 1. The van der Waals surface area contributed by atoms with E-state index in [1.807, 2.05) is 0 Å². The van der Waals surface area contributed by atoms with Gasteiger partial charge in [0.15, 0.2) is 0 Å². The van der Waals surface area contributed by atoms with E-state index in [-0.39, 0.29) is 0 Å². The molecule has 1 N–H and O–H groups in total. The molecular formula is C19H26N4O. The van der Waals surface area contributed by atoms with Crippen LogP contribution in [-0.4, -0.2) is 39.8 Å². The number of benzene rings is 1. The van der Waals surface area contributed by atoms with Crippen molar-refractivity contribution in [3.8, 4) is 5.75 Å². The number of hydrogen-bond donors (Lipinski definition) is 1. The first-order valence-corrected chi connectivity index (χ1v) is 9.18. The monoisotopic (exact) mass is 326 g/mol. The van der Waals surface area contributed by atoms with E-state index in [1.165, 1.54) is 48.8 Å². The third-order valence-corrected chi connectivity index (χ3v) is 5.29. The fourth-order valence-electron chi connectivity index (χ4n) is 4.14. The van der Waals surface area contributed by atoms with E-state index < -0.39 is 0 Å². The van der Waals surface area contributed by atoms with Crippen molar-refractivity contribution in [2.24, 2.45) is 0 Å². The number of rotatable bonds is 5. The second-order valence-corrected chi connectivity index (χ2v) is 6.96. The molecule has 0 radical (unpaired) electrons. The highest BCUT2D eigenvalue weighted by Crippen LogP contribution is 2.32. The van der Waals surface area contributed by atoms with E-state index in [1.54, 1.807) is 6.33 Å². The van der Waals surface area contributed by atoms with Gasteiger partial charge in [-0.2, -0.15) is 5.10 Å². The van der Waals surface area contributed by atoms with Gasteiger partial charge in [0.1, 0.15) is 17.9 Å². The van der Waals surface area contributed by atoms with E-state index in [4.69, 9.17) is 4.74 Å². The first-order chi connectivity index (χ1) is 11.8. The molecule has 5 nitrogen and oxygen atoms in total. The largest absolute Gasteiger partial charge is 0.494 e. The summed E-state index contributed by atoms with van der Waals surface area (Å²) < 4.78 is 5.95. The van der Waals surface area contributed by atoms with Crippen LogP contribution in [0.2, 0.25) is 0 Å². The molecule has 1 atom stereocenters. The van der Waals surface area contributed by atoms with Gasteiger partial charge in [0, 0.05) is 24.6 Å². The van der Waals surface area contributed by atoms with E-state index in [9.17, 15) is 0 Å². The second-order valence-electron chi connectivity index (χ2n) is 6.96. The van der Waals surface area contributed by atoms with Crippen molar-refractivity contribution in [3.05, 3.63) is 41.0 Å². The van der Waals surface area contributed by atoms with Crippen LogP contribution in [0.25, 0.3) is 0 Å². The zero-order chi connectivity index (χ0) is 16.4. The average molecular weight is 326 g/mol. The fourth-order valence-corrected chi connectivity index (χ4v) is 4.14. The molecule has 0 bridgehead atoms. The minimum absolute atomic E-state index is 0.464. The van der Waals surface area contributed by atoms with Crippen LogP contribution in [0.1, 0.15) is 54.6 Å². The summed E-state index contributed by atoms with van der Waals surface area (Å²) in [4.78, 5) is 6.90. The third kappa shape index (κ3) is 3.18. The Hall–Kier alpha value is -1.88. The quantitative estimate of drug-likeness (QED) is 0.917. The normalized spacial score (nSPS) is 21.0. The zero-order valence-corrected chi connectivity index (χ0v) is 14.4. The Morgan fingerprint density at radius 3 is 2.92 bits per heavy atom. The highest BCUT2D eigenvalue weighted by molar-refractivity contribution is 5.45. The predicted molar refractivity (Wildman–Crippen MR) is 93.3 cm³/mol. The summed E-state index contributed by atoms with van der Waals surface area (Å²) in [7, 11) is 0. The lowest BCUT2D eigenvalue weighted by Gasteiger charge is -2.32. The van der Waals surface area contributed by atoms with Gasteiger partial charge in [0.2, 0.25) is 0 Å². The van der Waals surface area contributed by atoms with Gasteiger partial charge in [0.05, 0.1) is 6.61 Å². The Kier molecular flexibility index (Phi) is 4.52. The summed E-state index contributed by atoms with van der Waals surface area (Å²) >= 11 is 0. The lowest BCUT2D eigenvalue weighted by Crippen LogP contribution is -2.34. The minimum atomic E-state index is 0.464. The standard InChI is InChI=1S/C19H26N4O/c1-2-24-18-10-15-6-3-5-14(15)9-17(18)12-23-8-4-7-16(11-23)19-20-13-21-22-19/h9-10,13,16H,2-8,11-12H2,1H3,(H,20,21,22)/t16-/m0/s1. The highest BCUT2D eigenvalue weighted by Gasteiger charge is 2.25. The Labute approximate surface area is 143 Å². The number of aromatic amines is 1. The first kappa shape index (κ1) is 15.6. The van der Waals surface area contributed by atoms with Crippen LogP contribution in [0.5, 0.6) is 5.75 Å². The van der Waals surface area contributed by atoms with Crippen molar-refractivity contribution in [2.75, 3.05) is 19.7 Å². The molecule has 1 aromatic carbocycles. The van der Waals surface area contributed by atoms with Crippen LogP contribution in [-0.2, 0) is 19.4 Å². The topological polar surface area (TPSA) is 54.0 Å². The van der Waals surface area contributed by atoms with Crippen LogP contribution >= 0.6 is 0 Å². The maximum atomic E-state index is 5.95. The van der Waals surface area contributed by atoms with Crippen molar-refractivity contribution in [3.63, 3.8) is 0 Å². The maximum absolute atomic E-state index is 5.95. The third-order valence-electron chi connectivity index (χ3n) is 5.29. The van der Waals surface area contributed by atoms with Crippen LogP contribution in [0.4, 0.5) is 0 Å². The number of nitrogens with zero attached hydrogens (tertiary/aromatic N) is 3. The summed E-state index contributed by atoms with van der Waals surface area (Å²) in [6.45, 7) is 5.95. The van der Waals surface area contributed by atoms with E-state index >= 15 is 0 Å². The first-order valence-electron chi connectivity index (χ1n) is 9.18. The van der Waals surface area contributed by atoms with Gasteiger partial charge in [-0.05, 0) is 62.8 Å². The van der Waals surface area contributed by atoms with Crippen LogP contribution in [0.3, 0.4) is 0 Å². The van der Waals surface area contributed by atoms with Crippen molar-refractivity contribution >= 4 is 0 Å². The van der Waals surface area contributed by atoms with Crippen molar-refractivity contribution in [1.29, 1.82) is 0 Å². The molecule has 1 aromatic heterocycles. The number of likely N-dealkylation sites (tertiary alicyclic amines) is 1. The number of hydrogen-bond acceptors (Lipinski definition) is 4. The molecule has 0 spiro atoms. The molecule has 2 heterocycles. The number of aryl methyl sites for hydroxylation is 2. The lowest BCUT2D eigenvalue weighted by atomic mass is 9.96. The average Bonchev–Trinajstić information content (AvgIpc) is 3.27. The van der Waals surface area contributed by atoms with Crippen LogP contribution in [0.15, 0.2) is 18.5 Å². The number of piperidine rings is 1. The maximum Gasteiger partial charge on any atom is 0.137 e. The van der Waals surface area contributed by atoms with Gasteiger partial charge in [-0.15, -0.1) is 0 Å². The Morgan fingerprint density at radius 1 is 1.25 bits per heavy atom. The summed E-state index contributed by atoms with van der Waals surface area (Å²) in [6, 6.07) is 4.68. The smallest absolute Gasteiger partial charge is 0.137 e. The van der Waals surface area contributed by atoms with Gasteiger partial charge in [-0.25, -0.2) is 4.98 Å². The molecule has 0 unspecified atom stereocenters. The van der Waals surface area contributed by atoms with Crippen molar-refractivity contribution in [1.82, 2.24) is 20.1 Å². The molecule has 1 fully saturated rings. The Bertz CT molecular complexity index is 683. The number of aromatic nitrogens is 3. The van der Waals surface area contributed by atoms with E-state index in [0.29, 0.717) is 5.92 Å². The van der Waals surface area contributed by atoms with Crippen molar-refractivity contribution < 1.29 is 4.74 Å². The lowest BCUT2D eigenvalue weighted by molar-refractivity contribution is 0.193. The minimum Gasteiger partial charge on any atom is -0.494 e. The molecule has 4 rings (SSSR count). The summed E-state index contributed by atoms with van der Waals surface area (Å²) in [5, 5.41) is 7.05. The second kappa shape index (κ2) is 6.93. The van der Waals surface area contributed by atoms with Crippen molar-refractivity contribution in [2.45, 2.75) is 51.5 Å². The number of fused-ring (bicyclic) bond motifs is 1. The van der Waals surface area contributed by atoms with Gasteiger partial charge in [0.25, 0.3) is 0 Å². The van der Waals surface area contributed by atoms with Gasteiger partial charge in [-0.3, -0.25) is 10.00 Å². The molecule has 2 aliphatic rings. The Balaban J connectivity index is 1.52. The fraction of sp³-hybridized carbons (Fsp3) is 0.579. The molecular weight excluding hydrogens is 300 g/mol. The zero-order valence-electron chi connectivity index (χ0n) is 14.4. The highest BCUT2D eigenvalue weighted by atomic mass is 16.5. The van der Waals surface area contributed by atoms with Crippen LogP contribution < -0.4 is 4.74 Å². The van der Waals surface area contributed by atoms with Gasteiger partial charge < -0.3 is 4.74 Å². The van der Waals surface area contributed by atoms with E-state index in [2.05, 4.69) is 39.1 Å². The molecule has 1 saturated heterocycles. The molecule has 2 aromatic rings. The summed E-state index contributed by atoms with van der Waals surface area (Å²) in [6.07, 6.45) is 7.71. The SMILES string of the molecule is CCOc1cc2c(cc1CN1CCC[C@H](c3ncn[nH]3)C1)CCC2. The van der Waals surface area contributed by atoms with Gasteiger partial charge >= 0.3 is 0 Å². The molecule has 0 saturated carbocycles. The molecule has 1 aliphatic heterocycles. The molecule has 128 valence electrons. The predicted octanol–water partition coefficient (Wildman–Crippen LogP) is 3.07. The molecule has 24 heavy (non-hydrogen) atoms. The van der Waals surface area contributed by atoms with E-state index in [0.717, 1.165) is 37.8 Å². The summed E-state index contributed by atoms with van der Waals surface area (Å²) in [5.74, 6) is 2.57. The molecule has 0 amide bonds. The summed E-state index contributed by atoms with van der Waals surface area (Å²) in [5.41, 5.74) is 4.35. The number of H-pyrrole nitrogens is 1. The molecule has 1 aliphatic carbocycles. The number of nitrogens with one attached hydrogen (secondary N) is 1. The Morgan fingerprint density at radius 2 is 2.12 bits per heavy atom. The van der Waals surface area contributed by atoms with Crippen LogP contribution in [0, 0.1) is 0 Å².